The zero-order chi connectivity index (χ0) is 15.8. The maximum Gasteiger partial charge on any atom is 0.162 e. The van der Waals surface area contributed by atoms with Crippen molar-refractivity contribution < 1.29 is 4.74 Å². The van der Waals surface area contributed by atoms with Crippen molar-refractivity contribution in [3.63, 3.8) is 0 Å². The molecular weight excluding hydrogens is 322 g/mol. The van der Waals surface area contributed by atoms with Crippen LogP contribution >= 0.6 is 12.4 Å². The maximum atomic E-state index is 6.17. The van der Waals surface area contributed by atoms with Crippen LogP contribution in [0.3, 0.4) is 0 Å². The summed E-state index contributed by atoms with van der Waals surface area (Å²) in [4.78, 5) is 9.23. The van der Waals surface area contributed by atoms with Gasteiger partial charge in [0.2, 0.25) is 0 Å². The number of rotatable bonds is 2. The van der Waals surface area contributed by atoms with Crippen molar-refractivity contribution in [3.8, 4) is 17.1 Å². The summed E-state index contributed by atoms with van der Waals surface area (Å²) in [7, 11) is 1.64. The molecule has 120 valence electrons. The molecule has 3 aromatic carbocycles. The SMILES string of the molecule is COc1cccc(-c2nc(N)c3ccc4ccccc4c3n2)c1.Cl. The lowest BCUT2D eigenvalue weighted by atomic mass is 10.1. The molecule has 2 N–H and O–H groups in total. The van der Waals surface area contributed by atoms with Crippen molar-refractivity contribution in [2.45, 2.75) is 0 Å². The summed E-state index contributed by atoms with van der Waals surface area (Å²) in [5, 5.41) is 3.08. The first-order chi connectivity index (χ1) is 11.3. The van der Waals surface area contributed by atoms with Crippen molar-refractivity contribution in [2.75, 3.05) is 12.8 Å². The lowest BCUT2D eigenvalue weighted by Crippen LogP contribution is -1.98. The predicted molar refractivity (Wildman–Crippen MR) is 101 cm³/mol. The first kappa shape index (κ1) is 16.0. The monoisotopic (exact) mass is 337 g/mol. The van der Waals surface area contributed by atoms with E-state index in [9.17, 15) is 0 Å². The number of aromatic nitrogens is 2. The Morgan fingerprint density at radius 3 is 2.54 bits per heavy atom. The molecule has 4 aromatic rings. The molecule has 1 aromatic heterocycles. The molecule has 0 aliphatic rings. The zero-order valence-electron chi connectivity index (χ0n) is 13.1. The first-order valence-electron chi connectivity index (χ1n) is 7.35. The Morgan fingerprint density at radius 2 is 1.71 bits per heavy atom. The highest BCUT2D eigenvalue weighted by Crippen LogP contribution is 2.30. The van der Waals surface area contributed by atoms with Gasteiger partial charge in [-0.1, -0.05) is 42.5 Å². The number of hydrogen-bond donors (Lipinski definition) is 1. The Hall–Kier alpha value is -2.85. The van der Waals surface area contributed by atoms with Gasteiger partial charge in [0.15, 0.2) is 5.82 Å². The van der Waals surface area contributed by atoms with Gasteiger partial charge in [-0.25, -0.2) is 9.97 Å². The molecule has 1 heterocycles. The number of ether oxygens (including phenoxy) is 1. The van der Waals surface area contributed by atoms with Gasteiger partial charge in [0, 0.05) is 16.3 Å². The Balaban J connectivity index is 0.00000169. The number of nitrogens with two attached hydrogens (primary N) is 1. The average Bonchev–Trinajstić information content (AvgIpc) is 2.61. The first-order valence-corrected chi connectivity index (χ1v) is 7.35. The number of methoxy groups -OCH3 is 1. The summed E-state index contributed by atoms with van der Waals surface area (Å²) in [6, 6.07) is 19.8. The average molecular weight is 338 g/mol. The van der Waals surface area contributed by atoms with Gasteiger partial charge in [0.1, 0.15) is 11.6 Å². The molecule has 5 heteroatoms. The number of halogens is 1. The number of anilines is 1. The van der Waals surface area contributed by atoms with Crippen molar-refractivity contribution in [2.24, 2.45) is 0 Å². The summed E-state index contributed by atoms with van der Waals surface area (Å²) in [6.45, 7) is 0. The number of benzene rings is 3. The Kier molecular flexibility index (Phi) is 4.23. The molecule has 0 saturated carbocycles. The third-order valence-corrected chi connectivity index (χ3v) is 3.95. The Labute approximate surface area is 145 Å². The minimum absolute atomic E-state index is 0. The van der Waals surface area contributed by atoms with Crippen molar-refractivity contribution in [3.05, 3.63) is 60.7 Å². The predicted octanol–water partition coefficient (Wildman–Crippen LogP) is 4.46. The fraction of sp³-hybridized carbons (Fsp3) is 0.0526. The molecule has 4 rings (SSSR count). The van der Waals surface area contributed by atoms with Gasteiger partial charge in [0.25, 0.3) is 0 Å². The summed E-state index contributed by atoms with van der Waals surface area (Å²) < 4.78 is 5.28. The van der Waals surface area contributed by atoms with Crippen LogP contribution < -0.4 is 10.5 Å². The lowest BCUT2D eigenvalue weighted by Gasteiger charge is -2.09. The summed E-state index contributed by atoms with van der Waals surface area (Å²) in [5.74, 6) is 1.85. The van der Waals surface area contributed by atoms with E-state index in [2.05, 4.69) is 17.1 Å². The van der Waals surface area contributed by atoms with Gasteiger partial charge >= 0.3 is 0 Å². The van der Waals surface area contributed by atoms with Crippen LogP contribution in [0.2, 0.25) is 0 Å². The van der Waals surface area contributed by atoms with Crippen LogP contribution in [0, 0.1) is 0 Å². The normalized spacial score (nSPS) is 10.5. The molecule has 0 fully saturated rings. The largest absolute Gasteiger partial charge is 0.497 e. The topological polar surface area (TPSA) is 61.0 Å². The second kappa shape index (κ2) is 6.34. The van der Waals surface area contributed by atoms with Gasteiger partial charge in [-0.05, 0) is 23.6 Å². The molecule has 0 radical (unpaired) electrons. The molecular formula is C19H16ClN3O. The number of nitrogens with zero attached hydrogens (tertiary/aromatic N) is 2. The second-order valence-corrected chi connectivity index (χ2v) is 5.35. The molecule has 0 aliphatic heterocycles. The number of hydrogen-bond acceptors (Lipinski definition) is 4. The van der Waals surface area contributed by atoms with Gasteiger partial charge in [-0.15, -0.1) is 12.4 Å². The summed E-state index contributed by atoms with van der Waals surface area (Å²) in [6.07, 6.45) is 0. The minimum Gasteiger partial charge on any atom is -0.497 e. The van der Waals surface area contributed by atoms with E-state index in [4.69, 9.17) is 15.5 Å². The van der Waals surface area contributed by atoms with Crippen LogP contribution in [0.15, 0.2) is 60.7 Å². The Morgan fingerprint density at radius 1 is 0.875 bits per heavy atom. The van der Waals surface area contributed by atoms with Crippen molar-refractivity contribution >= 4 is 39.9 Å². The number of nitrogen functional groups attached to an aromatic ring is 1. The van der Waals surface area contributed by atoms with Crippen LogP contribution in [-0.4, -0.2) is 17.1 Å². The van der Waals surface area contributed by atoms with E-state index in [0.717, 1.165) is 33.0 Å². The highest BCUT2D eigenvalue weighted by Gasteiger charge is 2.10. The van der Waals surface area contributed by atoms with Crippen molar-refractivity contribution in [1.82, 2.24) is 9.97 Å². The second-order valence-electron chi connectivity index (χ2n) is 5.35. The fourth-order valence-electron chi connectivity index (χ4n) is 2.78. The molecule has 0 saturated heterocycles. The molecule has 4 nitrogen and oxygen atoms in total. The third kappa shape index (κ3) is 2.61. The third-order valence-electron chi connectivity index (χ3n) is 3.95. The molecule has 0 amide bonds. The van der Waals surface area contributed by atoms with E-state index in [1.54, 1.807) is 7.11 Å². The van der Waals surface area contributed by atoms with Gasteiger partial charge in [-0.2, -0.15) is 0 Å². The summed E-state index contributed by atoms with van der Waals surface area (Å²) in [5.41, 5.74) is 7.92. The number of fused-ring (bicyclic) bond motifs is 3. The molecule has 0 bridgehead atoms. The van der Waals surface area contributed by atoms with E-state index in [1.807, 2.05) is 48.5 Å². The quantitative estimate of drug-likeness (QED) is 0.548. The minimum atomic E-state index is 0. The fourth-order valence-corrected chi connectivity index (χ4v) is 2.78. The molecule has 0 atom stereocenters. The lowest BCUT2D eigenvalue weighted by molar-refractivity contribution is 0.415. The van der Waals surface area contributed by atoms with E-state index in [1.165, 1.54) is 0 Å². The van der Waals surface area contributed by atoms with E-state index in [-0.39, 0.29) is 12.4 Å². The Bertz CT molecular complexity index is 1030. The molecule has 24 heavy (non-hydrogen) atoms. The van der Waals surface area contributed by atoms with Crippen molar-refractivity contribution in [1.29, 1.82) is 0 Å². The van der Waals surface area contributed by atoms with Crippen LogP contribution in [0.4, 0.5) is 5.82 Å². The standard InChI is InChI=1S/C19H15N3O.ClH/c1-23-14-7-4-6-13(11-14)19-21-17-15-8-3-2-5-12(15)9-10-16(17)18(20)22-19;/h2-11H,1H3,(H2,20,21,22);1H. The van der Waals surface area contributed by atoms with Crippen LogP contribution in [0.25, 0.3) is 33.1 Å². The highest BCUT2D eigenvalue weighted by molar-refractivity contribution is 6.08. The maximum absolute atomic E-state index is 6.17. The van der Waals surface area contributed by atoms with Gasteiger partial charge in [0.05, 0.1) is 12.6 Å². The van der Waals surface area contributed by atoms with E-state index >= 15 is 0 Å². The van der Waals surface area contributed by atoms with E-state index in [0.29, 0.717) is 11.6 Å². The van der Waals surface area contributed by atoms with Crippen LogP contribution in [0.1, 0.15) is 0 Å². The molecule has 0 unspecified atom stereocenters. The smallest absolute Gasteiger partial charge is 0.162 e. The molecule has 0 aliphatic carbocycles. The zero-order valence-corrected chi connectivity index (χ0v) is 13.9. The van der Waals surface area contributed by atoms with E-state index < -0.39 is 0 Å². The van der Waals surface area contributed by atoms with Crippen LogP contribution in [-0.2, 0) is 0 Å². The van der Waals surface area contributed by atoms with Gasteiger partial charge < -0.3 is 10.5 Å². The van der Waals surface area contributed by atoms with Gasteiger partial charge in [-0.3, -0.25) is 0 Å². The summed E-state index contributed by atoms with van der Waals surface area (Å²) >= 11 is 0. The van der Waals surface area contributed by atoms with Crippen LogP contribution in [0.5, 0.6) is 5.75 Å². The molecule has 0 spiro atoms. The highest BCUT2D eigenvalue weighted by atomic mass is 35.5.